The summed E-state index contributed by atoms with van der Waals surface area (Å²) in [5.41, 5.74) is 0.622. The quantitative estimate of drug-likeness (QED) is 0.898. The second-order valence-corrected chi connectivity index (χ2v) is 6.77. The summed E-state index contributed by atoms with van der Waals surface area (Å²) >= 11 is 0. The van der Waals surface area contributed by atoms with E-state index in [2.05, 4.69) is 5.32 Å². The molecule has 1 fully saturated rings. The van der Waals surface area contributed by atoms with Gasteiger partial charge in [0.05, 0.1) is 5.75 Å². The molecule has 1 heterocycles. The van der Waals surface area contributed by atoms with E-state index >= 15 is 0 Å². The number of hydrogen-bond acceptors (Lipinski definition) is 3. The fourth-order valence-corrected chi connectivity index (χ4v) is 4.31. The van der Waals surface area contributed by atoms with E-state index in [-0.39, 0.29) is 30.0 Å². The molecule has 0 aromatic heterocycles. The van der Waals surface area contributed by atoms with Gasteiger partial charge in [0.25, 0.3) is 0 Å². The molecule has 1 unspecified atom stereocenters. The Morgan fingerprint density at radius 1 is 1.35 bits per heavy atom. The predicted octanol–water partition coefficient (Wildman–Crippen LogP) is 1.76. The number of nitrogens with zero attached hydrogens (tertiary/aromatic N) is 1. The Morgan fingerprint density at radius 3 is 2.60 bits per heavy atom. The number of sulfonamides is 1. The summed E-state index contributed by atoms with van der Waals surface area (Å²) in [4.78, 5) is 0. The first-order chi connectivity index (χ1) is 9.03. The largest absolute Gasteiger partial charge is 0.318 e. The average Bonchev–Trinajstić information content (AvgIpc) is 2.81. The number of likely N-dealkylation sites (N-methyl/N-ethyl adjacent to an activating group) is 1. The maximum atomic E-state index is 12.8. The van der Waals surface area contributed by atoms with Gasteiger partial charge in [0.15, 0.2) is 0 Å². The molecule has 0 amide bonds. The van der Waals surface area contributed by atoms with E-state index < -0.39 is 10.0 Å². The zero-order valence-corrected chi connectivity index (χ0v) is 13.0. The average molecular weight is 323 g/mol. The minimum Gasteiger partial charge on any atom is -0.318 e. The molecule has 1 aromatic rings. The molecule has 1 aliphatic heterocycles. The first-order valence-corrected chi connectivity index (χ1v) is 8.02. The zero-order valence-electron chi connectivity index (χ0n) is 11.4. The first-order valence-electron chi connectivity index (χ1n) is 6.41. The number of hydrogen-bond donors (Lipinski definition) is 1. The molecule has 1 aromatic carbocycles. The third-order valence-electron chi connectivity index (χ3n) is 3.38. The summed E-state index contributed by atoms with van der Waals surface area (Å²) in [5.74, 6) is -0.414. The maximum absolute atomic E-state index is 12.8. The van der Waals surface area contributed by atoms with Gasteiger partial charge in [-0.25, -0.2) is 12.8 Å². The van der Waals surface area contributed by atoms with Crippen LogP contribution in [0.25, 0.3) is 0 Å². The van der Waals surface area contributed by atoms with Crippen molar-refractivity contribution in [2.45, 2.75) is 24.6 Å². The van der Waals surface area contributed by atoms with Crippen molar-refractivity contribution >= 4 is 22.4 Å². The minimum absolute atomic E-state index is 0. The Bertz CT molecular complexity index is 522. The Labute approximate surface area is 125 Å². The lowest BCUT2D eigenvalue weighted by Gasteiger charge is -2.23. The fourth-order valence-electron chi connectivity index (χ4n) is 2.49. The molecule has 4 nitrogen and oxygen atoms in total. The van der Waals surface area contributed by atoms with E-state index in [0.29, 0.717) is 18.7 Å². The lowest BCUT2D eigenvalue weighted by molar-refractivity contribution is 0.378. The molecule has 1 N–H and O–H groups in total. The molecular formula is C13H20ClFN2O2S. The van der Waals surface area contributed by atoms with Crippen LogP contribution in [0.5, 0.6) is 0 Å². The van der Waals surface area contributed by atoms with Gasteiger partial charge in [-0.1, -0.05) is 12.1 Å². The molecule has 1 aliphatic rings. The highest BCUT2D eigenvalue weighted by Crippen LogP contribution is 2.23. The van der Waals surface area contributed by atoms with Crippen LogP contribution in [0, 0.1) is 5.82 Å². The van der Waals surface area contributed by atoms with Crippen LogP contribution in [0.1, 0.15) is 18.4 Å². The van der Waals surface area contributed by atoms with Crippen molar-refractivity contribution in [3.8, 4) is 0 Å². The molecule has 2 rings (SSSR count). The normalized spacial score (nSPS) is 19.8. The number of nitrogens with one attached hydrogen (secondary N) is 1. The van der Waals surface area contributed by atoms with Crippen LogP contribution < -0.4 is 5.32 Å². The zero-order chi connectivity index (χ0) is 13.9. The van der Waals surface area contributed by atoms with Crippen molar-refractivity contribution in [2.24, 2.45) is 0 Å². The van der Waals surface area contributed by atoms with Gasteiger partial charge in [0.1, 0.15) is 5.82 Å². The lowest BCUT2D eigenvalue weighted by atomic mass is 10.2. The van der Waals surface area contributed by atoms with Gasteiger partial charge in [-0.15, -0.1) is 12.4 Å². The second kappa shape index (κ2) is 7.36. The summed E-state index contributed by atoms with van der Waals surface area (Å²) in [7, 11) is -1.50. The van der Waals surface area contributed by atoms with E-state index in [1.165, 1.54) is 24.3 Å². The predicted molar refractivity (Wildman–Crippen MR) is 79.9 cm³/mol. The summed E-state index contributed by atoms with van der Waals surface area (Å²) in [5, 5.41) is 3.03. The summed E-state index contributed by atoms with van der Waals surface area (Å²) in [6.07, 6.45) is 1.79. The standard InChI is InChI=1S/C13H19FN2O2S.ClH/c1-15-9-13-3-2-8-16(13)19(17,18)10-11-4-6-12(14)7-5-11;/h4-7,13,15H,2-3,8-10H2,1H3;1H. The summed E-state index contributed by atoms with van der Waals surface area (Å²) in [6.45, 7) is 1.25. The third-order valence-corrected chi connectivity index (χ3v) is 5.28. The highest BCUT2D eigenvalue weighted by molar-refractivity contribution is 7.88. The molecule has 0 saturated carbocycles. The van der Waals surface area contributed by atoms with Crippen molar-refractivity contribution in [3.05, 3.63) is 35.6 Å². The molecule has 114 valence electrons. The van der Waals surface area contributed by atoms with Crippen molar-refractivity contribution < 1.29 is 12.8 Å². The molecular weight excluding hydrogens is 303 g/mol. The lowest BCUT2D eigenvalue weighted by Crippen LogP contribution is -2.41. The minimum atomic E-state index is -3.33. The van der Waals surface area contributed by atoms with Crippen molar-refractivity contribution in [3.63, 3.8) is 0 Å². The van der Waals surface area contributed by atoms with Gasteiger partial charge < -0.3 is 5.32 Å². The fraction of sp³-hybridized carbons (Fsp3) is 0.538. The maximum Gasteiger partial charge on any atom is 0.218 e. The number of halogens is 2. The SMILES string of the molecule is CNCC1CCCN1S(=O)(=O)Cc1ccc(F)cc1.Cl. The highest BCUT2D eigenvalue weighted by atomic mass is 35.5. The van der Waals surface area contributed by atoms with Crippen LogP contribution in [0.4, 0.5) is 4.39 Å². The van der Waals surface area contributed by atoms with Gasteiger partial charge in [-0.3, -0.25) is 0 Å². The van der Waals surface area contributed by atoms with Crippen LogP contribution >= 0.6 is 12.4 Å². The van der Waals surface area contributed by atoms with Gasteiger partial charge in [0.2, 0.25) is 10.0 Å². The Morgan fingerprint density at radius 2 is 2.00 bits per heavy atom. The van der Waals surface area contributed by atoms with Crippen molar-refractivity contribution in [2.75, 3.05) is 20.1 Å². The van der Waals surface area contributed by atoms with E-state index in [0.717, 1.165) is 12.8 Å². The van der Waals surface area contributed by atoms with Crippen molar-refractivity contribution in [1.29, 1.82) is 0 Å². The van der Waals surface area contributed by atoms with E-state index in [1.807, 2.05) is 7.05 Å². The number of benzene rings is 1. The molecule has 0 aliphatic carbocycles. The molecule has 0 radical (unpaired) electrons. The van der Waals surface area contributed by atoms with Crippen LogP contribution in [-0.4, -0.2) is 38.9 Å². The number of rotatable bonds is 5. The molecule has 7 heteroatoms. The van der Waals surface area contributed by atoms with Gasteiger partial charge in [-0.05, 0) is 37.6 Å². The molecule has 0 spiro atoms. The van der Waals surface area contributed by atoms with Crippen LogP contribution in [0.2, 0.25) is 0 Å². The van der Waals surface area contributed by atoms with Crippen LogP contribution in [0.3, 0.4) is 0 Å². The Kier molecular flexibility index (Phi) is 6.39. The van der Waals surface area contributed by atoms with Crippen molar-refractivity contribution in [1.82, 2.24) is 9.62 Å². The molecule has 1 saturated heterocycles. The topological polar surface area (TPSA) is 49.4 Å². The van der Waals surface area contributed by atoms with Gasteiger partial charge in [0, 0.05) is 19.1 Å². The van der Waals surface area contributed by atoms with Crippen LogP contribution in [0.15, 0.2) is 24.3 Å². The molecule has 0 bridgehead atoms. The highest BCUT2D eigenvalue weighted by Gasteiger charge is 2.33. The Hall–Kier alpha value is -0.690. The van der Waals surface area contributed by atoms with Crippen LogP contribution in [-0.2, 0) is 15.8 Å². The smallest absolute Gasteiger partial charge is 0.218 e. The van der Waals surface area contributed by atoms with E-state index in [4.69, 9.17) is 0 Å². The molecule has 1 atom stereocenters. The van der Waals surface area contributed by atoms with Gasteiger partial charge >= 0.3 is 0 Å². The van der Waals surface area contributed by atoms with E-state index in [1.54, 1.807) is 4.31 Å². The summed E-state index contributed by atoms with van der Waals surface area (Å²) < 4.78 is 39.1. The Balaban J connectivity index is 0.00000200. The van der Waals surface area contributed by atoms with Gasteiger partial charge in [-0.2, -0.15) is 4.31 Å². The third kappa shape index (κ3) is 4.15. The monoisotopic (exact) mass is 322 g/mol. The van der Waals surface area contributed by atoms with E-state index in [9.17, 15) is 12.8 Å². The second-order valence-electron chi connectivity index (χ2n) is 4.85. The molecule has 20 heavy (non-hydrogen) atoms. The summed E-state index contributed by atoms with van der Waals surface area (Å²) in [6, 6.07) is 5.67. The first kappa shape index (κ1) is 17.4.